The molecular weight excluding hydrogens is 340 g/mol. The molecule has 6 nitrogen and oxygen atoms in total. The zero-order valence-corrected chi connectivity index (χ0v) is 13.4. The molecule has 0 aliphatic rings. The van der Waals surface area contributed by atoms with E-state index in [0.29, 0.717) is 10.8 Å². The van der Waals surface area contributed by atoms with E-state index in [1.54, 1.807) is 12.1 Å². The molecule has 0 atom stereocenters. The number of amides is 1. The van der Waals surface area contributed by atoms with Gasteiger partial charge >= 0.3 is 0 Å². The number of hydrogen-bond donors (Lipinski definition) is 2. The maximum atomic E-state index is 11.8. The molecule has 2 rings (SSSR count). The molecule has 1 amide bonds. The van der Waals surface area contributed by atoms with Crippen molar-refractivity contribution < 1.29 is 14.8 Å². The summed E-state index contributed by atoms with van der Waals surface area (Å²) in [5, 5.41) is 23.2. The van der Waals surface area contributed by atoms with Crippen molar-refractivity contribution in [3.8, 4) is 5.75 Å². The molecule has 0 heterocycles. The van der Waals surface area contributed by atoms with Crippen LogP contribution in [-0.2, 0) is 10.5 Å². The van der Waals surface area contributed by atoms with Crippen LogP contribution < -0.4 is 5.32 Å². The van der Waals surface area contributed by atoms with E-state index in [1.165, 1.54) is 42.1 Å². The number of nitrogens with zero attached hydrogens (tertiary/aromatic N) is 1. The third-order valence-electron chi connectivity index (χ3n) is 2.88. The lowest BCUT2D eigenvalue weighted by Crippen LogP contribution is -2.14. The fourth-order valence-electron chi connectivity index (χ4n) is 1.77. The summed E-state index contributed by atoms with van der Waals surface area (Å²) in [6, 6.07) is 10.6. The highest BCUT2D eigenvalue weighted by Gasteiger charge is 2.08. The summed E-state index contributed by atoms with van der Waals surface area (Å²) in [7, 11) is 0. The molecule has 0 aromatic heterocycles. The molecular formula is C15H13ClN2O4S. The molecule has 0 aliphatic heterocycles. The lowest BCUT2D eigenvalue weighted by atomic mass is 10.2. The molecule has 0 bridgehead atoms. The number of hydrogen-bond acceptors (Lipinski definition) is 5. The molecule has 0 unspecified atom stereocenters. The van der Waals surface area contributed by atoms with Gasteiger partial charge in [-0.1, -0.05) is 23.7 Å². The van der Waals surface area contributed by atoms with E-state index in [-0.39, 0.29) is 28.8 Å². The molecule has 0 spiro atoms. The van der Waals surface area contributed by atoms with Crippen molar-refractivity contribution in [2.45, 2.75) is 5.75 Å². The fraction of sp³-hybridized carbons (Fsp3) is 0.133. The predicted molar refractivity (Wildman–Crippen MR) is 91.0 cm³/mol. The number of benzene rings is 2. The van der Waals surface area contributed by atoms with Crippen LogP contribution in [0.15, 0.2) is 42.5 Å². The maximum absolute atomic E-state index is 11.8. The number of aromatic hydroxyl groups is 1. The molecule has 2 aromatic carbocycles. The fourth-order valence-corrected chi connectivity index (χ4v) is 2.73. The van der Waals surface area contributed by atoms with Gasteiger partial charge in [0.2, 0.25) is 5.91 Å². The number of non-ortho nitro benzene ring substituents is 1. The minimum Gasteiger partial charge on any atom is -0.506 e. The largest absolute Gasteiger partial charge is 0.506 e. The van der Waals surface area contributed by atoms with Gasteiger partial charge in [-0.2, -0.15) is 0 Å². The number of phenolic OH excluding ortho intramolecular Hbond substituents is 1. The number of rotatable bonds is 6. The van der Waals surface area contributed by atoms with Gasteiger partial charge in [0, 0.05) is 22.9 Å². The number of thioether (sulfide) groups is 1. The smallest absolute Gasteiger partial charge is 0.269 e. The minimum atomic E-state index is -0.457. The Bertz CT molecular complexity index is 722. The predicted octanol–water partition coefficient (Wildman–Crippen LogP) is 3.83. The zero-order valence-electron chi connectivity index (χ0n) is 11.9. The number of nitro benzene ring substituents is 1. The van der Waals surface area contributed by atoms with Crippen LogP contribution in [0.4, 0.5) is 11.4 Å². The Morgan fingerprint density at radius 3 is 2.61 bits per heavy atom. The number of anilines is 1. The first-order valence-corrected chi connectivity index (χ1v) is 8.08. The quantitative estimate of drug-likeness (QED) is 0.468. The Morgan fingerprint density at radius 2 is 1.96 bits per heavy atom. The van der Waals surface area contributed by atoms with Gasteiger partial charge in [0.15, 0.2) is 0 Å². The Morgan fingerprint density at radius 1 is 1.26 bits per heavy atom. The summed E-state index contributed by atoms with van der Waals surface area (Å²) >= 11 is 7.17. The zero-order chi connectivity index (χ0) is 16.8. The number of halogens is 1. The minimum absolute atomic E-state index is 0.0351. The summed E-state index contributed by atoms with van der Waals surface area (Å²) in [5.41, 5.74) is 1.19. The topological polar surface area (TPSA) is 92.5 Å². The lowest BCUT2D eigenvalue weighted by molar-refractivity contribution is -0.384. The van der Waals surface area contributed by atoms with Crippen LogP contribution in [0.5, 0.6) is 5.75 Å². The Labute approximate surface area is 141 Å². The van der Waals surface area contributed by atoms with E-state index < -0.39 is 4.92 Å². The van der Waals surface area contributed by atoms with E-state index in [0.717, 1.165) is 5.56 Å². The van der Waals surface area contributed by atoms with Gasteiger partial charge in [0.1, 0.15) is 5.75 Å². The molecule has 0 saturated heterocycles. The number of phenols is 1. The van der Waals surface area contributed by atoms with Crippen LogP contribution in [0.1, 0.15) is 5.56 Å². The average molecular weight is 353 g/mol. The van der Waals surface area contributed by atoms with Gasteiger partial charge < -0.3 is 10.4 Å². The van der Waals surface area contributed by atoms with Gasteiger partial charge in [-0.05, 0) is 23.8 Å². The van der Waals surface area contributed by atoms with Crippen molar-refractivity contribution in [3.63, 3.8) is 0 Å². The van der Waals surface area contributed by atoms with E-state index >= 15 is 0 Å². The molecule has 23 heavy (non-hydrogen) atoms. The van der Waals surface area contributed by atoms with E-state index in [2.05, 4.69) is 5.32 Å². The Balaban J connectivity index is 1.82. The number of carbonyl (C=O) groups is 1. The van der Waals surface area contributed by atoms with Crippen molar-refractivity contribution in [1.29, 1.82) is 0 Å². The Hall–Kier alpha value is -2.25. The van der Waals surface area contributed by atoms with Crippen molar-refractivity contribution in [2.75, 3.05) is 11.1 Å². The second-order valence-electron chi connectivity index (χ2n) is 4.63. The van der Waals surface area contributed by atoms with Crippen molar-refractivity contribution >= 4 is 40.6 Å². The van der Waals surface area contributed by atoms with Crippen LogP contribution in [0.2, 0.25) is 5.02 Å². The highest BCUT2D eigenvalue weighted by atomic mass is 35.5. The molecule has 0 aliphatic carbocycles. The van der Waals surface area contributed by atoms with Crippen LogP contribution in [-0.4, -0.2) is 21.7 Å². The lowest BCUT2D eigenvalue weighted by Gasteiger charge is -2.07. The molecule has 8 heteroatoms. The van der Waals surface area contributed by atoms with E-state index in [9.17, 15) is 20.0 Å². The molecule has 2 aromatic rings. The summed E-state index contributed by atoms with van der Waals surface area (Å²) in [6.07, 6.45) is 0. The third kappa shape index (κ3) is 5.15. The summed E-state index contributed by atoms with van der Waals surface area (Å²) in [4.78, 5) is 21.9. The summed E-state index contributed by atoms with van der Waals surface area (Å²) < 4.78 is 0. The van der Waals surface area contributed by atoms with E-state index in [4.69, 9.17) is 11.6 Å². The average Bonchev–Trinajstić information content (AvgIpc) is 2.51. The van der Waals surface area contributed by atoms with Gasteiger partial charge in [-0.15, -0.1) is 11.8 Å². The number of nitro groups is 1. The molecule has 120 valence electrons. The first kappa shape index (κ1) is 17.1. The van der Waals surface area contributed by atoms with Gasteiger partial charge in [-0.3, -0.25) is 14.9 Å². The standard InChI is InChI=1S/C15H13ClN2O4S/c16-11-3-6-14(19)13(7-11)17-15(20)9-23-8-10-1-4-12(5-2-10)18(21)22/h1-7,19H,8-9H2,(H,17,20). The van der Waals surface area contributed by atoms with Crippen LogP contribution >= 0.6 is 23.4 Å². The summed E-state index contributed by atoms with van der Waals surface area (Å²) in [5.74, 6) is 0.410. The van der Waals surface area contributed by atoms with E-state index in [1.807, 2.05) is 0 Å². The third-order valence-corrected chi connectivity index (χ3v) is 4.12. The first-order chi connectivity index (χ1) is 11.0. The highest BCUT2D eigenvalue weighted by Crippen LogP contribution is 2.26. The second kappa shape index (κ2) is 7.85. The Kier molecular flexibility index (Phi) is 5.84. The summed E-state index contributed by atoms with van der Waals surface area (Å²) in [6.45, 7) is 0. The normalized spacial score (nSPS) is 10.3. The van der Waals surface area contributed by atoms with Gasteiger partial charge in [0.05, 0.1) is 16.4 Å². The van der Waals surface area contributed by atoms with Crippen LogP contribution in [0.3, 0.4) is 0 Å². The SMILES string of the molecule is O=C(CSCc1ccc([N+](=O)[O-])cc1)Nc1cc(Cl)ccc1O. The van der Waals surface area contributed by atoms with Gasteiger partial charge in [-0.25, -0.2) is 0 Å². The molecule has 2 N–H and O–H groups in total. The monoisotopic (exact) mass is 352 g/mol. The van der Waals surface area contributed by atoms with Crippen molar-refractivity contribution in [2.24, 2.45) is 0 Å². The number of nitrogens with one attached hydrogen (secondary N) is 1. The molecule has 0 saturated carbocycles. The molecule has 0 radical (unpaired) electrons. The van der Waals surface area contributed by atoms with Crippen molar-refractivity contribution in [3.05, 3.63) is 63.2 Å². The molecule has 0 fully saturated rings. The number of carbonyl (C=O) groups excluding carboxylic acids is 1. The van der Waals surface area contributed by atoms with Crippen LogP contribution in [0, 0.1) is 10.1 Å². The maximum Gasteiger partial charge on any atom is 0.269 e. The van der Waals surface area contributed by atoms with Crippen LogP contribution in [0.25, 0.3) is 0 Å². The van der Waals surface area contributed by atoms with Crippen molar-refractivity contribution in [1.82, 2.24) is 0 Å². The second-order valence-corrected chi connectivity index (χ2v) is 6.05. The van der Waals surface area contributed by atoms with Gasteiger partial charge in [0.25, 0.3) is 5.69 Å². The first-order valence-electron chi connectivity index (χ1n) is 6.55. The highest BCUT2D eigenvalue weighted by molar-refractivity contribution is 7.99.